The van der Waals surface area contributed by atoms with Gasteiger partial charge in [-0.25, -0.2) is 0 Å². The molecule has 0 saturated heterocycles. The molecule has 0 spiro atoms. The standard InChI is InChI=1S/C24H33I/c25-22-11-9-18-13-17(6-7-20(18)15-22)19-10-12-24-21(14-19)8-5-16-3-1-2-4-23(16)24/h10,12,14,16-18,20,22-23H,1-9,11,13,15H2. The highest BCUT2D eigenvalue weighted by atomic mass is 127. The summed E-state index contributed by atoms with van der Waals surface area (Å²) in [7, 11) is 0. The molecule has 3 fully saturated rings. The van der Waals surface area contributed by atoms with E-state index in [0.29, 0.717) is 0 Å². The third-order valence-electron chi connectivity index (χ3n) is 8.28. The average molecular weight is 448 g/mol. The van der Waals surface area contributed by atoms with Gasteiger partial charge in [0.05, 0.1) is 0 Å². The summed E-state index contributed by atoms with van der Waals surface area (Å²) in [6.45, 7) is 0. The van der Waals surface area contributed by atoms with Crippen LogP contribution >= 0.6 is 22.6 Å². The van der Waals surface area contributed by atoms with E-state index in [1.807, 2.05) is 0 Å². The summed E-state index contributed by atoms with van der Waals surface area (Å²) in [4.78, 5) is 0. The lowest BCUT2D eigenvalue weighted by Gasteiger charge is -2.42. The van der Waals surface area contributed by atoms with Crippen LogP contribution in [0.3, 0.4) is 0 Å². The lowest BCUT2D eigenvalue weighted by atomic mass is 9.65. The number of hydrogen-bond acceptors (Lipinski definition) is 0. The Morgan fingerprint density at radius 1 is 0.760 bits per heavy atom. The highest BCUT2D eigenvalue weighted by Crippen LogP contribution is 2.49. The maximum Gasteiger partial charge on any atom is 0.0112 e. The molecule has 3 saturated carbocycles. The quantitative estimate of drug-likeness (QED) is 0.310. The minimum absolute atomic E-state index is 0.862. The van der Waals surface area contributed by atoms with Crippen molar-refractivity contribution in [3.8, 4) is 0 Å². The van der Waals surface area contributed by atoms with Crippen LogP contribution in [0.15, 0.2) is 18.2 Å². The van der Waals surface area contributed by atoms with Crippen LogP contribution in [0.25, 0.3) is 0 Å². The van der Waals surface area contributed by atoms with E-state index in [1.165, 1.54) is 77.0 Å². The van der Waals surface area contributed by atoms with Crippen LogP contribution in [-0.2, 0) is 6.42 Å². The van der Waals surface area contributed by atoms with Crippen molar-refractivity contribution >= 4 is 22.6 Å². The van der Waals surface area contributed by atoms with E-state index >= 15 is 0 Å². The molecule has 0 aromatic heterocycles. The molecule has 4 aliphatic rings. The van der Waals surface area contributed by atoms with E-state index in [2.05, 4.69) is 40.8 Å². The summed E-state index contributed by atoms with van der Waals surface area (Å²) < 4.78 is 0.961. The van der Waals surface area contributed by atoms with Gasteiger partial charge in [0.2, 0.25) is 0 Å². The molecule has 6 unspecified atom stereocenters. The molecule has 0 amide bonds. The number of alkyl halides is 1. The minimum atomic E-state index is 0.862. The van der Waals surface area contributed by atoms with Crippen LogP contribution in [0, 0.1) is 17.8 Å². The largest absolute Gasteiger partial charge is 0.0826 e. The van der Waals surface area contributed by atoms with Gasteiger partial charge in [0.1, 0.15) is 0 Å². The number of hydrogen-bond donors (Lipinski definition) is 0. The van der Waals surface area contributed by atoms with Gasteiger partial charge in [-0.1, -0.05) is 53.6 Å². The molecule has 25 heavy (non-hydrogen) atoms. The monoisotopic (exact) mass is 448 g/mol. The zero-order valence-corrected chi connectivity index (χ0v) is 17.7. The van der Waals surface area contributed by atoms with Crippen LogP contribution < -0.4 is 0 Å². The molecule has 136 valence electrons. The Morgan fingerprint density at radius 3 is 2.56 bits per heavy atom. The van der Waals surface area contributed by atoms with Crippen LogP contribution in [0.4, 0.5) is 0 Å². The number of rotatable bonds is 1. The van der Waals surface area contributed by atoms with Crippen molar-refractivity contribution in [2.75, 3.05) is 0 Å². The predicted octanol–water partition coefficient (Wildman–Crippen LogP) is 7.39. The second-order valence-electron chi connectivity index (χ2n) is 9.59. The smallest absolute Gasteiger partial charge is 0.0112 e. The van der Waals surface area contributed by atoms with E-state index in [1.54, 1.807) is 16.7 Å². The van der Waals surface area contributed by atoms with Gasteiger partial charge in [-0.05, 0) is 110 Å². The van der Waals surface area contributed by atoms with Gasteiger partial charge in [-0.2, -0.15) is 0 Å². The zero-order valence-electron chi connectivity index (χ0n) is 15.6. The van der Waals surface area contributed by atoms with Gasteiger partial charge < -0.3 is 0 Å². The molecular weight excluding hydrogens is 415 g/mol. The maximum atomic E-state index is 2.70. The van der Waals surface area contributed by atoms with Crippen molar-refractivity contribution in [1.29, 1.82) is 0 Å². The average Bonchev–Trinajstić information content (AvgIpc) is 2.67. The maximum absolute atomic E-state index is 2.70. The summed E-state index contributed by atoms with van der Waals surface area (Å²) in [5, 5.41) is 0. The van der Waals surface area contributed by atoms with Gasteiger partial charge in [0.15, 0.2) is 0 Å². The van der Waals surface area contributed by atoms with Gasteiger partial charge in [-0.15, -0.1) is 0 Å². The Labute approximate surface area is 167 Å². The first-order valence-corrected chi connectivity index (χ1v) is 12.3. The first-order valence-electron chi connectivity index (χ1n) is 11.0. The zero-order chi connectivity index (χ0) is 16.8. The first-order chi connectivity index (χ1) is 12.3. The molecular formula is C24H33I. The van der Waals surface area contributed by atoms with E-state index in [-0.39, 0.29) is 0 Å². The van der Waals surface area contributed by atoms with E-state index in [9.17, 15) is 0 Å². The van der Waals surface area contributed by atoms with Crippen LogP contribution in [0.2, 0.25) is 0 Å². The molecule has 1 aromatic rings. The molecule has 4 aliphatic carbocycles. The van der Waals surface area contributed by atoms with Crippen molar-refractivity contribution in [2.45, 2.75) is 92.8 Å². The molecule has 1 heteroatoms. The van der Waals surface area contributed by atoms with Crippen molar-refractivity contribution in [2.24, 2.45) is 17.8 Å². The molecule has 0 aliphatic heterocycles. The van der Waals surface area contributed by atoms with E-state index < -0.39 is 0 Å². The fourth-order valence-corrected chi connectivity index (χ4v) is 7.91. The summed E-state index contributed by atoms with van der Waals surface area (Å²) in [5.41, 5.74) is 5.18. The van der Waals surface area contributed by atoms with Gasteiger partial charge in [0, 0.05) is 3.92 Å². The fourth-order valence-electron chi connectivity index (χ4n) is 6.90. The van der Waals surface area contributed by atoms with Gasteiger partial charge >= 0.3 is 0 Å². The third-order valence-corrected chi connectivity index (χ3v) is 9.41. The summed E-state index contributed by atoms with van der Waals surface area (Å²) in [6.07, 6.45) is 17.6. The van der Waals surface area contributed by atoms with E-state index in [4.69, 9.17) is 0 Å². The Bertz CT molecular complexity index is 621. The highest BCUT2D eigenvalue weighted by molar-refractivity contribution is 14.1. The molecule has 0 bridgehead atoms. The number of benzene rings is 1. The second kappa shape index (κ2) is 7.17. The number of aryl methyl sites for hydroxylation is 1. The summed E-state index contributed by atoms with van der Waals surface area (Å²) in [5.74, 6) is 4.85. The second-order valence-corrected chi connectivity index (χ2v) is 11.4. The SMILES string of the molecule is IC1CCC2CC(c3ccc4c(c3)CCC3CCCCC43)CCC2C1. The lowest BCUT2D eigenvalue weighted by molar-refractivity contribution is 0.162. The van der Waals surface area contributed by atoms with Gasteiger partial charge in [0.25, 0.3) is 0 Å². The normalized spacial score (nSPS) is 40.7. The topological polar surface area (TPSA) is 0 Å². The van der Waals surface area contributed by atoms with Gasteiger partial charge in [-0.3, -0.25) is 0 Å². The van der Waals surface area contributed by atoms with Crippen molar-refractivity contribution in [3.63, 3.8) is 0 Å². The molecule has 0 radical (unpaired) electrons. The number of fused-ring (bicyclic) bond motifs is 4. The molecule has 6 atom stereocenters. The lowest BCUT2D eigenvalue weighted by Crippen LogP contribution is -2.30. The van der Waals surface area contributed by atoms with Crippen LogP contribution in [0.5, 0.6) is 0 Å². The summed E-state index contributed by atoms with van der Waals surface area (Å²) >= 11 is 2.70. The molecule has 1 aromatic carbocycles. The van der Waals surface area contributed by atoms with E-state index in [0.717, 1.165) is 33.5 Å². The Kier molecular flexibility index (Phi) is 4.90. The Morgan fingerprint density at radius 2 is 1.60 bits per heavy atom. The Hall–Kier alpha value is -0.0500. The Balaban J connectivity index is 1.34. The first kappa shape index (κ1) is 17.1. The summed E-state index contributed by atoms with van der Waals surface area (Å²) in [6, 6.07) is 7.78. The van der Waals surface area contributed by atoms with Crippen LogP contribution in [-0.4, -0.2) is 3.92 Å². The number of halogens is 1. The molecule has 0 heterocycles. The third kappa shape index (κ3) is 3.32. The fraction of sp³-hybridized carbons (Fsp3) is 0.750. The minimum Gasteiger partial charge on any atom is -0.0826 e. The highest BCUT2D eigenvalue weighted by Gasteiger charge is 2.36. The van der Waals surface area contributed by atoms with Crippen molar-refractivity contribution in [1.82, 2.24) is 0 Å². The van der Waals surface area contributed by atoms with Crippen LogP contribution in [0.1, 0.15) is 99.2 Å². The molecule has 0 nitrogen and oxygen atoms in total. The predicted molar refractivity (Wildman–Crippen MR) is 115 cm³/mol. The molecule has 5 rings (SSSR count). The molecule has 0 N–H and O–H groups in total. The van der Waals surface area contributed by atoms with Crippen molar-refractivity contribution < 1.29 is 0 Å². The van der Waals surface area contributed by atoms with Crippen molar-refractivity contribution in [3.05, 3.63) is 34.9 Å².